The number of aryl methyl sites for hydroxylation is 1. The van der Waals surface area contributed by atoms with Crippen molar-refractivity contribution in [1.29, 1.82) is 5.26 Å². The van der Waals surface area contributed by atoms with Crippen molar-refractivity contribution in [3.8, 4) is 6.07 Å². The van der Waals surface area contributed by atoms with Gasteiger partial charge in [0.05, 0.1) is 35.5 Å². The molecule has 1 saturated heterocycles. The first-order chi connectivity index (χ1) is 12.0. The molecule has 130 valence electrons. The van der Waals surface area contributed by atoms with Crippen LogP contribution in [-0.2, 0) is 9.53 Å². The number of rotatable bonds is 2. The number of carbonyl (C=O) groups is 1. The number of nitrogens with zero attached hydrogens (tertiary/aromatic N) is 3. The Morgan fingerprint density at radius 1 is 1.48 bits per heavy atom. The van der Waals surface area contributed by atoms with E-state index in [9.17, 15) is 10.1 Å². The standard InChI is InChI=1S/C19H20ClN3O2/c1-11-10-23(7-6-14(11)19(24)25-3)18-15-8-13(20)4-5-17(15)22-12(2)16(18)9-21/h4-5,8,11,14H,6-7,10H2,1-3H3. The van der Waals surface area contributed by atoms with Crippen LogP contribution in [0.25, 0.3) is 10.9 Å². The van der Waals surface area contributed by atoms with E-state index < -0.39 is 0 Å². The molecule has 0 radical (unpaired) electrons. The molecule has 0 saturated carbocycles. The fourth-order valence-corrected chi connectivity index (χ4v) is 3.82. The summed E-state index contributed by atoms with van der Waals surface area (Å²) >= 11 is 6.19. The zero-order valence-corrected chi connectivity index (χ0v) is 15.3. The molecular formula is C19H20ClN3O2. The molecule has 1 aromatic carbocycles. The summed E-state index contributed by atoms with van der Waals surface area (Å²) in [4.78, 5) is 18.6. The number of pyridine rings is 1. The van der Waals surface area contributed by atoms with Crippen molar-refractivity contribution in [1.82, 2.24) is 4.98 Å². The zero-order valence-electron chi connectivity index (χ0n) is 14.5. The van der Waals surface area contributed by atoms with Gasteiger partial charge in [0.2, 0.25) is 0 Å². The topological polar surface area (TPSA) is 66.2 Å². The summed E-state index contributed by atoms with van der Waals surface area (Å²) < 4.78 is 4.91. The lowest BCUT2D eigenvalue weighted by molar-refractivity contribution is -0.147. The molecule has 1 aromatic heterocycles. The van der Waals surface area contributed by atoms with Crippen molar-refractivity contribution in [3.05, 3.63) is 34.5 Å². The van der Waals surface area contributed by atoms with E-state index in [2.05, 4.69) is 16.0 Å². The number of hydrogen-bond donors (Lipinski definition) is 0. The molecular weight excluding hydrogens is 338 g/mol. The third-order valence-corrected chi connectivity index (χ3v) is 5.17. The summed E-state index contributed by atoms with van der Waals surface area (Å²) in [7, 11) is 1.43. The summed E-state index contributed by atoms with van der Waals surface area (Å²) in [6, 6.07) is 7.83. The largest absolute Gasteiger partial charge is 0.469 e. The van der Waals surface area contributed by atoms with E-state index in [0.717, 1.165) is 16.6 Å². The molecule has 0 amide bonds. The van der Waals surface area contributed by atoms with Crippen LogP contribution < -0.4 is 4.90 Å². The van der Waals surface area contributed by atoms with Crippen LogP contribution in [0.1, 0.15) is 24.6 Å². The van der Waals surface area contributed by atoms with Gasteiger partial charge in [-0.25, -0.2) is 0 Å². The number of piperidine rings is 1. The van der Waals surface area contributed by atoms with Gasteiger partial charge in [0, 0.05) is 23.5 Å². The molecule has 2 unspecified atom stereocenters. The van der Waals surface area contributed by atoms with Gasteiger partial charge < -0.3 is 9.64 Å². The minimum Gasteiger partial charge on any atom is -0.469 e. The molecule has 1 aliphatic rings. The maximum absolute atomic E-state index is 11.9. The number of halogens is 1. The average molecular weight is 358 g/mol. The number of ether oxygens (including phenoxy) is 1. The van der Waals surface area contributed by atoms with E-state index in [1.54, 1.807) is 6.07 Å². The lowest BCUT2D eigenvalue weighted by Crippen LogP contribution is -2.43. The van der Waals surface area contributed by atoms with Crippen molar-refractivity contribution < 1.29 is 9.53 Å². The van der Waals surface area contributed by atoms with Gasteiger partial charge in [0.1, 0.15) is 6.07 Å². The van der Waals surface area contributed by atoms with Crippen LogP contribution in [-0.4, -0.2) is 31.2 Å². The lowest BCUT2D eigenvalue weighted by Gasteiger charge is -2.38. The first-order valence-corrected chi connectivity index (χ1v) is 8.66. The van der Waals surface area contributed by atoms with Crippen LogP contribution in [0.15, 0.2) is 18.2 Å². The third kappa shape index (κ3) is 3.14. The summed E-state index contributed by atoms with van der Waals surface area (Å²) in [6.45, 7) is 5.26. The number of aromatic nitrogens is 1. The molecule has 0 spiro atoms. The Morgan fingerprint density at radius 3 is 2.88 bits per heavy atom. The average Bonchev–Trinajstić information content (AvgIpc) is 2.60. The van der Waals surface area contributed by atoms with Crippen LogP contribution >= 0.6 is 11.6 Å². The highest BCUT2D eigenvalue weighted by molar-refractivity contribution is 6.31. The highest BCUT2D eigenvalue weighted by Crippen LogP contribution is 2.36. The number of methoxy groups -OCH3 is 1. The molecule has 0 N–H and O–H groups in total. The predicted molar refractivity (Wildman–Crippen MR) is 97.7 cm³/mol. The molecule has 0 bridgehead atoms. The van der Waals surface area contributed by atoms with Crippen molar-refractivity contribution in [2.45, 2.75) is 20.3 Å². The lowest BCUT2D eigenvalue weighted by atomic mass is 9.86. The molecule has 5 nitrogen and oxygen atoms in total. The normalized spacial score (nSPS) is 20.4. The van der Waals surface area contributed by atoms with E-state index in [0.29, 0.717) is 35.8 Å². The number of anilines is 1. The Morgan fingerprint density at radius 2 is 2.24 bits per heavy atom. The van der Waals surface area contributed by atoms with Gasteiger partial charge in [-0.15, -0.1) is 0 Å². The van der Waals surface area contributed by atoms with E-state index in [4.69, 9.17) is 16.3 Å². The van der Waals surface area contributed by atoms with Crippen LogP contribution in [0.4, 0.5) is 5.69 Å². The molecule has 25 heavy (non-hydrogen) atoms. The Kier molecular flexibility index (Phi) is 4.82. The fraction of sp³-hybridized carbons (Fsp3) is 0.421. The van der Waals surface area contributed by atoms with Gasteiger partial charge in [0.15, 0.2) is 0 Å². The van der Waals surface area contributed by atoms with Crippen molar-refractivity contribution >= 4 is 34.2 Å². The second-order valence-corrected chi connectivity index (χ2v) is 6.97. The van der Waals surface area contributed by atoms with Gasteiger partial charge >= 0.3 is 5.97 Å². The first kappa shape index (κ1) is 17.5. The van der Waals surface area contributed by atoms with E-state index in [-0.39, 0.29) is 17.8 Å². The van der Waals surface area contributed by atoms with Gasteiger partial charge in [-0.2, -0.15) is 5.26 Å². The van der Waals surface area contributed by atoms with Crippen LogP contribution in [0.5, 0.6) is 0 Å². The predicted octanol–water partition coefficient (Wildman–Crippen LogP) is 3.70. The van der Waals surface area contributed by atoms with Crippen LogP contribution in [0.3, 0.4) is 0 Å². The molecule has 3 rings (SSSR count). The second kappa shape index (κ2) is 6.89. The van der Waals surface area contributed by atoms with Crippen molar-refractivity contribution in [3.63, 3.8) is 0 Å². The molecule has 2 atom stereocenters. The smallest absolute Gasteiger partial charge is 0.309 e. The fourth-order valence-electron chi connectivity index (χ4n) is 3.65. The summed E-state index contributed by atoms with van der Waals surface area (Å²) in [5, 5.41) is 11.2. The number of nitriles is 1. The Bertz CT molecular complexity index is 875. The number of hydrogen-bond acceptors (Lipinski definition) is 5. The highest BCUT2D eigenvalue weighted by Gasteiger charge is 2.33. The molecule has 2 heterocycles. The van der Waals surface area contributed by atoms with Gasteiger partial charge in [-0.3, -0.25) is 9.78 Å². The minimum absolute atomic E-state index is 0.107. The number of benzene rings is 1. The second-order valence-electron chi connectivity index (χ2n) is 6.54. The number of carbonyl (C=O) groups excluding carboxylic acids is 1. The van der Waals surface area contributed by atoms with Gasteiger partial charge in [0.25, 0.3) is 0 Å². The molecule has 6 heteroatoms. The van der Waals surface area contributed by atoms with Crippen LogP contribution in [0, 0.1) is 30.1 Å². The van der Waals surface area contributed by atoms with Crippen LogP contribution in [0.2, 0.25) is 5.02 Å². The maximum atomic E-state index is 11.9. The van der Waals surface area contributed by atoms with Crippen molar-refractivity contribution in [2.75, 3.05) is 25.1 Å². The Labute approximate surface area is 152 Å². The maximum Gasteiger partial charge on any atom is 0.309 e. The Hall–Kier alpha value is -2.32. The van der Waals surface area contributed by atoms with E-state index in [1.165, 1.54) is 7.11 Å². The molecule has 1 aliphatic heterocycles. The quantitative estimate of drug-likeness (QED) is 0.766. The van der Waals surface area contributed by atoms with Gasteiger partial charge in [-0.05, 0) is 37.5 Å². The SMILES string of the molecule is COC(=O)C1CCN(c2c(C#N)c(C)nc3ccc(Cl)cc23)CC1C. The van der Waals surface area contributed by atoms with Gasteiger partial charge in [-0.1, -0.05) is 18.5 Å². The third-order valence-electron chi connectivity index (χ3n) is 4.94. The number of esters is 1. The molecule has 2 aromatic rings. The highest BCUT2D eigenvalue weighted by atomic mass is 35.5. The number of fused-ring (bicyclic) bond motifs is 1. The first-order valence-electron chi connectivity index (χ1n) is 8.29. The summed E-state index contributed by atoms with van der Waals surface area (Å²) in [6.07, 6.45) is 0.697. The van der Waals surface area contributed by atoms with E-state index in [1.807, 2.05) is 26.0 Å². The van der Waals surface area contributed by atoms with Crippen molar-refractivity contribution in [2.24, 2.45) is 11.8 Å². The Balaban J connectivity index is 2.08. The summed E-state index contributed by atoms with van der Waals surface area (Å²) in [5.41, 5.74) is 2.95. The molecule has 0 aliphatic carbocycles. The van der Waals surface area contributed by atoms with E-state index >= 15 is 0 Å². The zero-order chi connectivity index (χ0) is 18.1. The minimum atomic E-state index is -0.161. The summed E-state index contributed by atoms with van der Waals surface area (Å²) in [5.74, 6) is -0.133. The molecule has 1 fully saturated rings. The monoisotopic (exact) mass is 357 g/mol.